The summed E-state index contributed by atoms with van der Waals surface area (Å²) in [7, 11) is 0. The predicted molar refractivity (Wildman–Crippen MR) is 90.1 cm³/mol. The maximum atomic E-state index is 9.60. The van der Waals surface area contributed by atoms with Crippen LogP contribution in [0.25, 0.3) is 0 Å². The molecule has 0 spiro atoms. The van der Waals surface area contributed by atoms with Crippen molar-refractivity contribution in [3.63, 3.8) is 0 Å². The molecule has 0 heterocycles. The Morgan fingerprint density at radius 1 is 1.38 bits per heavy atom. The molecule has 1 aromatic rings. The first kappa shape index (κ1) is 17.2. The van der Waals surface area contributed by atoms with Gasteiger partial charge in [-0.2, -0.15) is 5.10 Å². The second-order valence-electron chi connectivity index (χ2n) is 4.49. The minimum Gasteiger partial charge on any atom is -0.504 e. The molecule has 116 valence electrons. The number of nitrogens with zero attached hydrogens (tertiary/aromatic N) is 1. The minimum absolute atomic E-state index is 0.120. The number of hydrazone groups is 1. The molecule has 0 amide bonds. The number of phenols is 1. The maximum Gasteiger partial charge on any atom is 0.186 e. The van der Waals surface area contributed by atoms with E-state index in [9.17, 15) is 5.11 Å². The molecule has 0 fully saturated rings. The zero-order valence-corrected chi connectivity index (χ0v) is 13.4. The fourth-order valence-corrected chi connectivity index (χ4v) is 1.82. The lowest BCUT2D eigenvalue weighted by atomic mass is 10.2. The molecule has 0 unspecified atom stereocenters. The van der Waals surface area contributed by atoms with Crippen LogP contribution in [-0.4, -0.2) is 29.6 Å². The van der Waals surface area contributed by atoms with Crippen molar-refractivity contribution in [1.29, 1.82) is 0 Å². The van der Waals surface area contributed by atoms with E-state index >= 15 is 0 Å². The van der Waals surface area contributed by atoms with Gasteiger partial charge in [-0.05, 0) is 49.3 Å². The number of rotatable bonds is 8. The fourth-order valence-electron chi connectivity index (χ4n) is 1.66. The van der Waals surface area contributed by atoms with Crippen LogP contribution in [0.2, 0.25) is 0 Å². The highest BCUT2D eigenvalue weighted by molar-refractivity contribution is 7.80. The molecule has 5 nitrogen and oxygen atoms in total. The first-order valence-electron chi connectivity index (χ1n) is 7.20. The molecule has 1 aromatic carbocycles. The van der Waals surface area contributed by atoms with E-state index < -0.39 is 0 Å². The molecule has 0 radical (unpaired) electrons. The van der Waals surface area contributed by atoms with Crippen molar-refractivity contribution in [2.75, 3.05) is 13.2 Å². The number of thiocarbonyl (C=S) groups is 1. The normalized spacial score (nSPS) is 10.6. The second kappa shape index (κ2) is 9.99. The summed E-state index contributed by atoms with van der Waals surface area (Å²) < 4.78 is 5.31. The molecule has 0 aliphatic heterocycles. The second-order valence-corrected chi connectivity index (χ2v) is 4.90. The van der Waals surface area contributed by atoms with Gasteiger partial charge in [0.25, 0.3) is 0 Å². The summed E-state index contributed by atoms with van der Waals surface area (Å²) in [5.74, 6) is 0.566. The van der Waals surface area contributed by atoms with E-state index in [4.69, 9.17) is 17.0 Å². The van der Waals surface area contributed by atoms with Gasteiger partial charge in [-0.3, -0.25) is 5.43 Å². The van der Waals surface area contributed by atoms with E-state index in [0.717, 1.165) is 18.5 Å². The van der Waals surface area contributed by atoms with Crippen LogP contribution in [0.3, 0.4) is 0 Å². The molecule has 0 aliphatic carbocycles. The highest BCUT2D eigenvalue weighted by atomic mass is 32.1. The van der Waals surface area contributed by atoms with Crippen molar-refractivity contribution in [3.8, 4) is 11.5 Å². The molecule has 6 heteroatoms. The van der Waals surface area contributed by atoms with Crippen LogP contribution < -0.4 is 15.5 Å². The quantitative estimate of drug-likeness (QED) is 0.298. The number of nitrogens with one attached hydrogen (secondary N) is 2. The Balaban J connectivity index is 2.42. The molecule has 0 bridgehead atoms. The molecule has 1 rings (SSSR count). The van der Waals surface area contributed by atoms with Gasteiger partial charge in [0.15, 0.2) is 16.6 Å². The van der Waals surface area contributed by atoms with Crippen molar-refractivity contribution < 1.29 is 9.84 Å². The van der Waals surface area contributed by atoms with Gasteiger partial charge in [-0.15, -0.1) is 0 Å². The molecule has 21 heavy (non-hydrogen) atoms. The van der Waals surface area contributed by atoms with E-state index in [1.54, 1.807) is 24.4 Å². The van der Waals surface area contributed by atoms with Gasteiger partial charge in [-0.25, -0.2) is 0 Å². The summed E-state index contributed by atoms with van der Waals surface area (Å²) >= 11 is 5.11. The van der Waals surface area contributed by atoms with E-state index in [2.05, 4.69) is 22.8 Å². The fraction of sp³-hybridized carbons (Fsp3) is 0.467. The smallest absolute Gasteiger partial charge is 0.186 e. The predicted octanol–water partition coefficient (Wildman–Crippen LogP) is 2.78. The Morgan fingerprint density at radius 3 is 2.90 bits per heavy atom. The number of unbranched alkanes of at least 4 members (excludes halogenated alkanes) is 2. The number of aromatic hydroxyl groups is 1. The summed E-state index contributed by atoms with van der Waals surface area (Å²) in [6.45, 7) is 5.38. The highest BCUT2D eigenvalue weighted by Gasteiger charge is 2.01. The Hall–Kier alpha value is -1.82. The summed E-state index contributed by atoms with van der Waals surface area (Å²) in [5, 5.41) is 17.3. The summed E-state index contributed by atoms with van der Waals surface area (Å²) in [5.41, 5.74) is 3.58. The van der Waals surface area contributed by atoms with Crippen LogP contribution in [0, 0.1) is 0 Å². The minimum atomic E-state index is 0.120. The van der Waals surface area contributed by atoms with Crippen LogP contribution in [0.4, 0.5) is 0 Å². The third kappa shape index (κ3) is 6.94. The van der Waals surface area contributed by atoms with Crippen molar-refractivity contribution in [1.82, 2.24) is 10.7 Å². The van der Waals surface area contributed by atoms with Gasteiger partial charge >= 0.3 is 0 Å². The zero-order chi connectivity index (χ0) is 15.5. The zero-order valence-electron chi connectivity index (χ0n) is 12.6. The van der Waals surface area contributed by atoms with Crippen molar-refractivity contribution >= 4 is 23.5 Å². The van der Waals surface area contributed by atoms with Gasteiger partial charge in [0.1, 0.15) is 0 Å². The Bertz CT molecular complexity index is 478. The van der Waals surface area contributed by atoms with Crippen LogP contribution >= 0.6 is 12.2 Å². The standard InChI is InChI=1S/C15H23N3O2S/c1-3-5-6-9-16-15(21)18-17-11-12-7-8-13(19)14(10-12)20-4-2/h7-8,10-11,19H,3-6,9H2,1-2H3,(H2,16,18,21)/b17-11+. The Kier molecular flexibility index (Phi) is 8.19. The largest absolute Gasteiger partial charge is 0.504 e. The molecular weight excluding hydrogens is 286 g/mol. The summed E-state index contributed by atoms with van der Waals surface area (Å²) in [6, 6.07) is 5.05. The monoisotopic (exact) mass is 309 g/mol. The first-order chi connectivity index (χ1) is 10.2. The van der Waals surface area contributed by atoms with Gasteiger partial charge in [0, 0.05) is 6.54 Å². The Morgan fingerprint density at radius 2 is 2.19 bits per heavy atom. The van der Waals surface area contributed by atoms with E-state index in [1.807, 2.05) is 6.92 Å². The number of hydrogen-bond donors (Lipinski definition) is 3. The Labute approximate surface area is 131 Å². The first-order valence-corrected chi connectivity index (χ1v) is 7.61. The average Bonchev–Trinajstić information content (AvgIpc) is 2.47. The third-order valence-electron chi connectivity index (χ3n) is 2.73. The number of hydrogen-bond acceptors (Lipinski definition) is 4. The van der Waals surface area contributed by atoms with E-state index in [-0.39, 0.29) is 5.75 Å². The summed E-state index contributed by atoms with van der Waals surface area (Å²) in [4.78, 5) is 0. The number of ether oxygens (including phenoxy) is 1. The van der Waals surface area contributed by atoms with Gasteiger partial charge in [0.05, 0.1) is 12.8 Å². The van der Waals surface area contributed by atoms with Crippen molar-refractivity contribution in [2.45, 2.75) is 33.1 Å². The van der Waals surface area contributed by atoms with Gasteiger partial charge in [-0.1, -0.05) is 19.8 Å². The van der Waals surface area contributed by atoms with Gasteiger partial charge < -0.3 is 15.2 Å². The number of benzene rings is 1. The maximum absolute atomic E-state index is 9.60. The summed E-state index contributed by atoms with van der Waals surface area (Å²) in [6.07, 6.45) is 5.09. The van der Waals surface area contributed by atoms with Gasteiger partial charge in [0.2, 0.25) is 0 Å². The van der Waals surface area contributed by atoms with E-state index in [0.29, 0.717) is 17.5 Å². The van der Waals surface area contributed by atoms with E-state index in [1.165, 1.54) is 12.8 Å². The van der Waals surface area contributed by atoms with Crippen LogP contribution in [0.5, 0.6) is 11.5 Å². The lowest BCUT2D eigenvalue weighted by molar-refractivity contribution is 0.318. The highest BCUT2D eigenvalue weighted by Crippen LogP contribution is 2.26. The molecule has 0 aromatic heterocycles. The van der Waals surface area contributed by atoms with Crippen molar-refractivity contribution in [3.05, 3.63) is 23.8 Å². The van der Waals surface area contributed by atoms with Crippen LogP contribution in [0.1, 0.15) is 38.7 Å². The lowest BCUT2D eigenvalue weighted by Gasteiger charge is -2.07. The average molecular weight is 309 g/mol. The molecule has 0 saturated heterocycles. The van der Waals surface area contributed by atoms with Crippen LogP contribution in [0.15, 0.2) is 23.3 Å². The molecular formula is C15H23N3O2S. The van der Waals surface area contributed by atoms with Crippen LogP contribution in [-0.2, 0) is 0 Å². The third-order valence-corrected chi connectivity index (χ3v) is 2.96. The van der Waals surface area contributed by atoms with Crippen molar-refractivity contribution in [2.24, 2.45) is 5.10 Å². The molecule has 0 aliphatic rings. The molecule has 3 N–H and O–H groups in total. The number of phenolic OH excluding ortho intramolecular Hbond substituents is 1. The lowest BCUT2D eigenvalue weighted by Crippen LogP contribution is -2.32. The topological polar surface area (TPSA) is 65.9 Å². The molecule has 0 saturated carbocycles. The SMILES string of the molecule is CCCCCNC(=S)N/N=C/c1ccc(O)c(OCC)c1. The molecule has 0 atom stereocenters.